The second kappa shape index (κ2) is 3.15. The van der Waals surface area contributed by atoms with Gasteiger partial charge in [0.1, 0.15) is 5.52 Å². The van der Waals surface area contributed by atoms with Crippen LogP contribution in [0.15, 0.2) is 16.5 Å². The fourth-order valence-electron chi connectivity index (χ4n) is 1.96. The summed E-state index contributed by atoms with van der Waals surface area (Å²) in [4.78, 5) is 16.4. The lowest BCUT2D eigenvalue weighted by atomic mass is 10.3. The topological polar surface area (TPSA) is 52.7 Å². The van der Waals surface area contributed by atoms with Gasteiger partial charge in [0.15, 0.2) is 5.65 Å². The third-order valence-corrected chi connectivity index (χ3v) is 3.61. The van der Waals surface area contributed by atoms with Crippen molar-refractivity contribution in [2.75, 3.05) is 0 Å². The van der Waals surface area contributed by atoms with Crippen LogP contribution in [-0.2, 0) is 13.6 Å². The van der Waals surface area contributed by atoms with Gasteiger partial charge in [0.2, 0.25) is 0 Å². The molecule has 0 spiro atoms. The van der Waals surface area contributed by atoms with Crippen LogP contribution < -0.4 is 5.56 Å². The first-order chi connectivity index (χ1) is 7.74. The summed E-state index contributed by atoms with van der Waals surface area (Å²) in [6.45, 7) is 2.49. The van der Waals surface area contributed by atoms with Gasteiger partial charge in [-0.3, -0.25) is 4.79 Å². The lowest BCUT2D eigenvalue weighted by Gasteiger charge is -2.00. The number of hydrogen-bond donors (Lipinski definition) is 0. The number of nitrogens with zero attached hydrogens (tertiary/aromatic N) is 4. The van der Waals surface area contributed by atoms with Crippen molar-refractivity contribution < 1.29 is 0 Å². The second-order valence-corrected chi connectivity index (χ2v) is 4.45. The van der Waals surface area contributed by atoms with Crippen LogP contribution in [0, 0.1) is 0 Å². The van der Waals surface area contributed by atoms with E-state index < -0.39 is 0 Å². The van der Waals surface area contributed by atoms with Crippen molar-refractivity contribution in [3.05, 3.63) is 22.1 Å². The number of aromatic nitrogens is 4. The van der Waals surface area contributed by atoms with Gasteiger partial charge in [0, 0.05) is 19.0 Å². The summed E-state index contributed by atoms with van der Waals surface area (Å²) in [5, 5.41) is 5.04. The molecule has 0 amide bonds. The minimum atomic E-state index is -0.0484. The van der Waals surface area contributed by atoms with Gasteiger partial charge in [-0.2, -0.15) is 5.10 Å². The zero-order valence-corrected chi connectivity index (χ0v) is 9.78. The molecule has 0 aromatic carbocycles. The summed E-state index contributed by atoms with van der Waals surface area (Å²) in [6, 6.07) is 0. The molecule has 0 aliphatic rings. The van der Waals surface area contributed by atoms with Gasteiger partial charge in [-0.25, -0.2) is 9.67 Å². The van der Waals surface area contributed by atoms with Gasteiger partial charge in [-0.05, 0) is 6.92 Å². The van der Waals surface area contributed by atoms with E-state index in [1.165, 1.54) is 16.0 Å². The van der Waals surface area contributed by atoms with E-state index in [0.717, 1.165) is 15.7 Å². The normalized spacial score (nSPS) is 11.6. The van der Waals surface area contributed by atoms with Gasteiger partial charge < -0.3 is 4.57 Å². The van der Waals surface area contributed by atoms with Gasteiger partial charge in [0.05, 0.1) is 16.4 Å². The zero-order valence-electron chi connectivity index (χ0n) is 8.97. The largest absolute Gasteiger partial charge is 0.323 e. The molecular formula is C10H10N4OS. The molecule has 0 atom stereocenters. The highest BCUT2D eigenvalue weighted by atomic mass is 32.1. The molecule has 0 N–H and O–H groups in total. The summed E-state index contributed by atoms with van der Waals surface area (Å²) in [7, 11) is 1.87. The maximum absolute atomic E-state index is 12.1. The van der Waals surface area contributed by atoms with Crippen LogP contribution in [0.2, 0.25) is 0 Å². The molecule has 82 valence electrons. The van der Waals surface area contributed by atoms with E-state index in [9.17, 15) is 4.79 Å². The highest BCUT2D eigenvalue weighted by Crippen LogP contribution is 2.27. The fourth-order valence-corrected chi connectivity index (χ4v) is 2.79. The predicted octanol–water partition coefficient (Wildman–Crippen LogP) is 1.36. The molecule has 0 saturated heterocycles. The molecule has 3 aromatic heterocycles. The highest BCUT2D eigenvalue weighted by molar-refractivity contribution is 7.17. The average molecular weight is 234 g/mol. The van der Waals surface area contributed by atoms with E-state index in [-0.39, 0.29) is 5.56 Å². The molecule has 6 heteroatoms. The third-order valence-electron chi connectivity index (χ3n) is 2.76. The van der Waals surface area contributed by atoms with Crippen molar-refractivity contribution in [3.63, 3.8) is 0 Å². The molecule has 0 fully saturated rings. The Morgan fingerprint density at radius 1 is 1.50 bits per heavy atom. The molecule has 3 aromatic rings. The summed E-state index contributed by atoms with van der Waals surface area (Å²) in [5.41, 5.74) is 3.28. The molecule has 5 nitrogen and oxygen atoms in total. The number of rotatable bonds is 1. The Hall–Kier alpha value is -1.69. The monoisotopic (exact) mass is 234 g/mol. The van der Waals surface area contributed by atoms with Crippen LogP contribution in [0.3, 0.4) is 0 Å². The van der Waals surface area contributed by atoms with E-state index in [0.29, 0.717) is 12.1 Å². The van der Waals surface area contributed by atoms with Crippen LogP contribution >= 0.6 is 11.3 Å². The number of thiazole rings is 1. The molecular weight excluding hydrogens is 224 g/mol. The molecule has 0 unspecified atom stereocenters. The van der Waals surface area contributed by atoms with Crippen molar-refractivity contribution in [3.8, 4) is 0 Å². The number of fused-ring (bicyclic) bond motifs is 3. The lowest BCUT2D eigenvalue weighted by molar-refractivity contribution is 0.620. The maximum Gasteiger partial charge on any atom is 0.291 e. The Bertz CT molecular complexity index is 736. The van der Waals surface area contributed by atoms with E-state index in [1.807, 2.05) is 18.5 Å². The smallest absolute Gasteiger partial charge is 0.291 e. The van der Waals surface area contributed by atoms with Crippen LogP contribution in [0.25, 0.3) is 21.3 Å². The highest BCUT2D eigenvalue weighted by Gasteiger charge is 2.14. The van der Waals surface area contributed by atoms with E-state index in [2.05, 4.69) is 10.1 Å². The molecule has 0 aliphatic heterocycles. The van der Waals surface area contributed by atoms with Crippen LogP contribution in [0.1, 0.15) is 6.92 Å². The number of hydrogen-bond acceptors (Lipinski definition) is 4. The molecule has 3 heterocycles. The first kappa shape index (κ1) is 9.53. The van der Waals surface area contributed by atoms with Crippen molar-refractivity contribution >= 4 is 32.6 Å². The van der Waals surface area contributed by atoms with Gasteiger partial charge in [-0.15, -0.1) is 11.3 Å². The second-order valence-electron chi connectivity index (χ2n) is 3.59. The zero-order chi connectivity index (χ0) is 11.3. The van der Waals surface area contributed by atoms with E-state index >= 15 is 0 Å². The number of aryl methyl sites for hydroxylation is 2. The Kier molecular flexibility index (Phi) is 1.88. The lowest BCUT2D eigenvalue weighted by Crippen LogP contribution is -2.22. The van der Waals surface area contributed by atoms with Gasteiger partial charge in [-0.1, -0.05) is 0 Å². The van der Waals surface area contributed by atoms with Gasteiger partial charge >= 0.3 is 0 Å². The van der Waals surface area contributed by atoms with Crippen molar-refractivity contribution in [1.82, 2.24) is 19.3 Å². The average Bonchev–Trinajstić information content (AvgIpc) is 2.84. The predicted molar refractivity (Wildman–Crippen MR) is 63.8 cm³/mol. The maximum atomic E-state index is 12.1. The van der Waals surface area contributed by atoms with Crippen LogP contribution in [0.5, 0.6) is 0 Å². The van der Waals surface area contributed by atoms with Crippen LogP contribution in [0.4, 0.5) is 0 Å². The Morgan fingerprint density at radius 3 is 3.06 bits per heavy atom. The summed E-state index contributed by atoms with van der Waals surface area (Å²) in [5.74, 6) is 0. The minimum absolute atomic E-state index is 0.0484. The Balaban J connectivity index is 2.62. The van der Waals surface area contributed by atoms with Crippen molar-refractivity contribution in [2.45, 2.75) is 13.5 Å². The molecule has 3 rings (SSSR count). The minimum Gasteiger partial charge on any atom is -0.323 e. The molecule has 0 aliphatic carbocycles. The third kappa shape index (κ3) is 1.02. The van der Waals surface area contributed by atoms with E-state index in [4.69, 9.17) is 0 Å². The Labute approximate surface area is 94.9 Å². The van der Waals surface area contributed by atoms with E-state index in [1.54, 1.807) is 11.7 Å². The molecule has 16 heavy (non-hydrogen) atoms. The fraction of sp³-hybridized carbons (Fsp3) is 0.300. The van der Waals surface area contributed by atoms with Gasteiger partial charge in [0.25, 0.3) is 5.56 Å². The quantitative estimate of drug-likeness (QED) is 0.639. The standard InChI is InChI=1S/C10H10N4OS/c1-3-14-10(15)7-6(4-12-14)8-9(13(7)2)11-5-16-8/h4-5H,3H2,1-2H3. The summed E-state index contributed by atoms with van der Waals surface area (Å²) >= 11 is 1.54. The Morgan fingerprint density at radius 2 is 2.31 bits per heavy atom. The summed E-state index contributed by atoms with van der Waals surface area (Å²) < 4.78 is 4.34. The van der Waals surface area contributed by atoms with Crippen molar-refractivity contribution in [1.29, 1.82) is 0 Å². The first-order valence-electron chi connectivity index (χ1n) is 5.01. The molecule has 0 saturated carbocycles. The first-order valence-corrected chi connectivity index (χ1v) is 5.89. The molecule has 0 radical (unpaired) electrons. The molecule has 0 bridgehead atoms. The van der Waals surface area contributed by atoms with Crippen molar-refractivity contribution in [2.24, 2.45) is 7.05 Å². The SMILES string of the molecule is CCn1ncc2c3scnc3n(C)c2c1=O. The van der Waals surface area contributed by atoms with Crippen LogP contribution in [-0.4, -0.2) is 19.3 Å². The summed E-state index contributed by atoms with van der Waals surface area (Å²) in [6.07, 6.45) is 1.75.